The maximum absolute atomic E-state index is 4.26. The van der Waals surface area contributed by atoms with Gasteiger partial charge in [-0.1, -0.05) is 20.3 Å². The standard InChI is InChI=1S/C9H13N5/c1-3-4-6(2)7-8-9(11-5-10-7)13-14-12-8/h5-6H,3-4H2,1-2H3,(H,10,11,12,13,14). The first-order chi connectivity index (χ1) is 6.83. The number of hydrogen-bond acceptors (Lipinski definition) is 4. The lowest BCUT2D eigenvalue weighted by Gasteiger charge is -2.08. The van der Waals surface area contributed by atoms with Crippen LogP contribution in [0.25, 0.3) is 11.2 Å². The van der Waals surface area contributed by atoms with Crippen molar-refractivity contribution in [2.75, 3.05) is 0 Å². The average molecular weight is 191 g/mol. The van der Waals surface area contributed by atoms with Gasteiger partial charge in [0, 0.05) is 5.92 Å². The third kappa shape index (κ3) is 1.45. The van der Waals surface area contributed by atoms with Crippen molar-refractivity contribution < 1.29 is 0 Å². The van der Waals surface area contributed by atoms with Crippen molar-refractivity contribution in [2.24, 2.45) is 0 Å². The highest BCUT2D eigenvalue weighted by Crippen LogP contribution is 2.22. The Morgan fingerprint density at radius 1 is 1.36 bits per heavy atom. The first kappa shape index (κ1) is 9.05. The summed E-state index contributed by atoms with van der Waals surface area (Å²) in [5, 5.41) is 10.6. The van der Waals surface area contributed by atoms with Gasteiger partial charge in [0.1, 0.15) is 6.33 Å². The van der Waals surface area contributed by atoms with Crippen LogP contribution in [0.4, 0.5) is 0 Å². The van der Waals surface area contributed by atoms with Gasteiger partial charge in [0.25, 0.3) is 0 Å². The Morgan fingerprint density at radius 2 is 2.21 bits per heavy atom. The highest BCUT2D eigenvalue weighted by molar-refractivity contribution is 5.71. The Hall–Kier alpha value is -1.52. The van der Waals surface area contributed by atoms with Crippen molar-refractivity contribution >= 4 is 11.2 Å². The molecule has 1 unspecified atom stereocenters. The Morgan fingerprint density at radius 3 is 3.00 bits per heavy atom. The van der Waals surface area contributed by atoms with E-state index in [0.29, 0.717) is 11.6 Å². The van der Waals surface area contributed by atoms with Gasteiger partial charge in [0.05, 0.1) is 5.69 Å². The van der Waals surface area contributed by atoms with Crippen LogP contribution in [0, 0.1) is 0 Å². The predicted octanol–water partition coefficient (Wildman–Crippen LogP) is 1.65. The van der Waals surface area contributed by atoms with E-state index in [4.69, 9.17) is 0 Å². The van der Waals surface area contributed by atoms with Crippen LogP contribution in [0.5, 0.6) is 0 Å². The highest BCUT2D eigenvalue weighted by Gasteiger charge is 2.13. The normalized spacial score (nSPS) is 13.3. The molecule has 0 aliphatic carbocycles. The van der Waals surface area contributed by atoms with Gasteiger partial charge in [-0.25, -0.2) is 9.97 Å². The van der Waals surface area contributed by atoms with Gasteiger partial charge in [-0.15, -0.1) is 5.10 Å². The minimum Gasteiger partial charge on any atom is -0.239 e. The third-order valence-corrected chi connectivity index (χ3v) is 2.34. The number of H-pyrrole nitrogens is 1. The number of aromatic amines is 1. The fourth-order valence-electron chi connectivity index (χ4n) is 1.62. The topological polar surface area (TPSA) is 67.3 Å². The van der Waals surface area contributed by atoms with Gasteiger partial charge in [-0.3, -0.25) is 0 Å². The Bertz CT molecular complexity index is 422. The van der Waals surface area contributed by atoms with E-state index in [1.165, 1.54) is 0 Å². The third-order valence-electron chi connectivity index (χ3n) is 2.34. The van der Waals surface area contributed by atoms with E-state index in [-0.39, 0.29) is 0 Å². The molecule has 1 N–H and O–H groups in total. The largest absolute Gasteiger partial charge is 0.239 e. The van der Waals surface area contributed by atoms with E-state index < -0.39 is 0 Å². The van der Waals surface area contributed by atoms with Gasteiger partial charge < -0.3 is 0 Å². The van der Waals surface area contributed by atoms with E-state index in [1.54, 1.807) is 6.33 Å². The number of nitrogens with one attached hydrogen (secondary N) is 1. The number of aromatic nitrogens is 5. The molecule has 1 atom stereocenters. The van der Waals surface area contributed by atoms with Crippen molar-refractivity contribution in [3.8, 4) is 0 Å². The lowest BCUT2D eigenvalue weighted by atomic mass is 10.0. The zero-order chi connectivity index (χ0) is 9.97. The second-order valence-electron chi connectivity index (χ2n) is 3.44. The van der Waals surface area contributed by atoms with Gasteiger partial charge in [0.2, 0.25) is 5.65 Å². The van der Waals surface area contributed by atoms with Crippen LogP contribution >= 0.6 is 0 Å². The van der Waals surface area contributed by atoms with Crippen molar-refractivity contribution in [2.45, 2.75) is 32.6 Å². The van der Waals surface area contributed by atoms with Crippen LogP contribution in [0.15, 0.2) is 6.33 Å². The summed E-state index contributed by atoms with van der Waals surface area (Å²) in [5.41, 5.74) is 2.44. The van der Waals surface area contributed by atoms with Crippen LogP contribution in [0.2, 0.25) is 0 Å². The molecule has 2 aromatic heterocycles. The molecule has 14 heavy (non-hydrogen) atoms. The molecule has 2 rings (SSSR count). The summed E-state index contributed by atoms with van der Waals surface area (Å²) < 4.78 is 0. The molecule has 0 saturated heterocycles. The second kappa shape index (κ2) is 3.69. The fourth-order valence-corrected chi connectivity index (χ4v) is 1.62. The van der Waals surface area contributed by atoms with Gasteiger partial charge >= 0.3 is 0 Å². The van der Waals surface area contributed by atoms with Crippen LogP contribution in [-0.4, -0.2) is 25.4 Å². The summed E-state index contributed by atoms with van der Waals surface area (Å²) in [6, 6.07) is 0. The van der Waals surface area contributed by atoms with Crippen LogP contribution < -0.4 is 0 Å². The maximum atomic E-state index is 4.26. The molecule has 0 fully saturated rings. The van der Waals surface area contributed by atoms with Gasteiger partial charge in [-0.2, -0.15) is 10.3 Å². The number of rotatable bonds is 3. The van der Waals surface area contributed by atoms with Crippen LogP contribution in [0.1, 0.15) is 38.3 Å². The van der Waals surface area contributed by atoms with Crippen LogP contribution in [0.3, 0.4) is 0 Å². The molecule has 0 aliphatic rings. The minimum absolute atomic E-state index is 0.413. The van der Waals surface area contributed by atoms with Crippen LogP contribution in [-0.2, 0) is 0 Å². The lowest BCUT2D eigenvalue weighted by Crippen LogP contribution is -1.99. The monoisotopic (exact) mass is 191 g/mol. The number of nitrogens with zero attached hydrogens (tertiary/aromatic N) is 4. The van der Waals surface area contributed by atoms with E-state index in [9.17, 15) is 0 Å². The summed E-state index contributed by atoms with van der Waals surface area (Å²) in [7, 11) is 0. The van der Waals surface area contributed by atoms with E-state index in [0.717, 1.165) is 24.1 Å². The summed E-state index contributed by atoms with van der Waals surface area (Å²) in [6.45, 7) is 4.32. The molecule has 2 aromatic rings. The molecular weight excluding hydrogens is 178 g/mol. The van der Waals surface area contributed by atoms with Crippen molar-refractivity contribution in [1.82, 2.24) is 25.4 Å². The molecule has 0 aromatic carbocycles. The quantitative estimate of drug-likeness (QED) is 0.801. The SMILES string of the molecule is CCCC(C)c1ncnc2n[nH]nc12. The summed E-state index contributed by atoms with van der Waals surface area (Å²) >= 11 is 0. The van der Waals surface area contributed by atoms with Crippen molar-refractivity contribution in [3.05, 3.63) is 12.0 Å². The maximum Gasteiger partial charge on any atom is 0.204 e. The first-order valence-corrected chi connectivity index (χ1v) is 4.84. The number of fused-ring (bicyclic) bond motifs is 1. The molecule has 0 aliphatic heterocycles. The molecule has 0 amide bonds. The molecule has 0 spiro atoms. The summed E-state index contributed by atoms with van der Waals surface area (Å²) in [4.78, 5) is 8.29. The smallest absolute Gasteiger partial charge is 0.204 e. The Labute approximate surface area is 82.0 Å². The molecule has 0 saturated carbocycles. The second-order valence-corrected chi connectivity index (χ2v) is 3.44. The summed E-state index contributed by atoms with van der Waals surface area (Å²) in [6.07, 6.45) is 3.80. The first-order valence-electron chi connectivity index (χ1n) is 4.84. The van der Waals surface area contributed by atoms with E-state index in [2.05, 4.69) is 39.2 Å². The summed E-state index contributed by atoms with van der Waals surface area (Å²) in [5.74, 6) is 0.413. The molecule has 74 valence electrons. The average Bonchev–Trinajstić information content (AvgIpc) is 2.65. The van der Waals surface area contributed by atoms with E-state index >= 15 is 0 Å². The molecule has 5 heteroatoms. The molecule has 2 heterocycles. The van der Waals surface area contributed by atoms with Crippen molar-refractivity contribution in [3.63, 3.8) is 0 Å². The molecule has 0 radical (unpaired) electrons. The minimum atomic E-state index is 0.413. The van der Waals surface area contributed by atoms with E-state index in [1.807, 2.05) is 0 Å². The zero-order valence-corrected chi connectivity index (χ0v) is 8.36. The molecule has 0 bridgehead atoms. The van der Waals surface area contributed by atoms with Gasteiger partial charge in [0.15, 0.2) is 5.52 Å². The lowest BCUT2D eigenvalue weighted by molar-refractivity contribution is 0.650. The zero-order valence-electron chi connectivity index (χ0n) is 8.36. The Balaban J connectivity index is 2.45. The number of hydrogen-bond donors (Lipinski definition) is 1. The highest BCUT2D eigenvalue weighted by atomic mass is 15.3. The molecular formula is C9H13N5. The predicted molar refractivity (Wildman–Crippen MR) is 52.8 cm³/mol. The fraction of sp³-hybridized carbons (Fsp3) is 0.556. The Kier molecular flexibility index (Phi) is 2.39. The van der Waals surface area contributed by atoms with Crippen molar-refractivity contribution in [1.29, 1.82) is 0 Å². The molecule has 5 nitrogen and oxygen atoms in total. The van der Waals surface area contributed by atoms with Gasteiger partial charge in [-0.05, 0) is 6.42 Å².